The standard InChI is InChI=1S/C23H24N4O/c28-22(21-15-16-24-23(26-21)25-19-11-7-8-12-19)27(20-13-5-2-6-14-20)17-18-9-3-1-4-10-18/h1-6,9-10,13-16,19H,7-8,11-12,17H2,(H,24,25,26). The molecule has 0 bridgehead atoms. The fraction of sp³-hybridized carbons (Fsp3) is 0.261. The lowest BCUT2D eigenvalue weighted by atomic mass is 10.2. The summed E-state index contributed by atoms with van der Waals surface area (Å²) >= 11 is 0. The van der Waals surface area contributed by atoms with Gasteiger partial charge in [0, 0.05) is 17.9 Å². The Balaban J connectivity index is 1.59. The second-order valence-corrected chi connectivity index (χ2v) is 7.10. The molecule has 0 spiro atoms. The highest BCUT2D eigenvalue weighted by atomic mass is 16.2. The number of aromatic nitrogens is 2. The van der Waals surface area contributed by atoms with Crippen LogP contribution < -0.4 is 10.2 Å². The van der Waals surface area contributed by atoms with Crippen LogP contribution in [-0.2, 0) is 6.54 Å². The molecule has 1 aliphatic rings. The molecule has 28 heavy (non-hydrogen) atoms. The van der Waals surface area contributed by atoms with Crippen LogP contribution in [0, 0.1) is 0 Å². The van der Waals surface area contributed by atoms with Crippen LogP contribution in [0.5, 0.6) is 0 Å². The van der Waals surface area contributed by atoms with E-state index in [0.717, 1.165) is 24.1 Å². The number of nitrogens with zero attached hydrogens (tertiary/aromatic N) is 3. The molecule has 3 aromatic rings. The van der Waals surface area contributed by atoms with Crippen molar-refractivity contribution in [3.63, 3.8) is 0 Å². The highest BCUT2D eigenvalue weighted by Crippen LogP contribution is 2.22. The van der Waals surface area contributed by atoms with E-state index in [0.29, 0.717) is 24.2 Å². The molecule has 1 amide bonds. The average molecular weight is 372 g/mol. The molecule has 4 rings (SSSR count). The number of para-hydroxylation sites is 1. The molecule has 5 nitrogen and oxygen atoms in total. The number of rotatable bonds is 6. The van der Waals surface area contributed by atoms with Gasteiger partial charge in [0.1, 0.15) is 5.69 Å². The number of carbonyl (C=O) groups excluding carboxylic acids is 1. The quantitative estimate of drug-likeness (QED) is 0.683. The van der Waals surface area contributed by atoms with Gasteiger partial charge in [0.25, 0.3) is 5.91 Å². The van der Waals surface area contributed by atoms with Gasteiger partial charge in [-0.05, 0) is 36.6 Å². The van der Waals surface area contributed by atoms with Crippen LogP contribution in [-0.4, -0.2) is 21.9 Å². The van der Waals surface area contributed by atoms with Gasteiger partial charge in [-0.2, -0.15) is 0 Å². The van der Waals surface area contributed by atoms with Gasteiger partial charge in [0.05, 0.1) is 6.54 Å². The van der Waals surface area contributed by atoms with Crippen LogP contribution in [0.2, 0.25) is 0 Å². The van der Waals surface area contributed by atoms with E-state index < -0.39 is 0 Å². The summed E-state index contributed by atoms with van der Waals surface area (Å²) in [7, 11) is 0. The van der Waals surface area contributed by atoms with Gasteiger partial charge in [0.15, 0.2) is 0 Å². The third-order valence-electron chi connectivity index (χ3n) is 5.06. The third-order valence-corrected chi connectivity index (χ3v) is 5.06. The van der Waals surface area contributed by atoms with E-state index in [1.54, 1.807) is 17.2 Å². The van der Waals surface area contributed by atoms with E-state index in [-0.39, 0.29) is 5.91 Å². The number of carbonyl (C=O) groups is 1. The van der Waals surface area contributed by atoms with Crippen molar-refractivity contribution >= 4 is 17.5 Å². The maximum Gasteiger partial charge on any atom is 0.277 e. The summed E-state index contributed by atoms with van der Waals surface area (Å²) in [6.07, 6.45) is 6.38. The van der Waals surface area contributed by atoms with Crippen LogP contribution in [0.4, 0.5) is 11.6 Å². The number of amides is 1. The predicted octanol–water partition coefficient (Wildman–Crippen LogP) is 4.68. The van der Waals surface area contributed by atoms with Gasteiger partial charge in [-0.1, -0.05) is 61.4 Å². The molecule has 2 aromatic carbocycles. The molecule has 1 heterocycles. The predicted molar refractivity (Wildman–Crippen MR) is 111 cm³/mol. The molecule has 1 N–H and O–H groups in total. The Morgan fingerprint density at radius 3 is 2.36 bits per heavy atom. The number of nitrogens with one attached hydrogen (secondary N) is 1. The first-order valence-electron chi connectivity index (χ1n) is 9.80. The van der Waals surface area contributed by atoms with Gasteiger partial charge < -0.3 is 10.2 Å². The minimum absolute atomic E-state index is 0.132. The Hall–Kier alpha value is -3.21. The summed E-state index contributed by atoms with van der Waals surface area (Å²) in [5.74, 6) is 0.400. The maximum absolute atomic E-state index is 13.3. The monoisotopic (exact) mass is 372 g/mol. The van der Waals surface area contributed by atoms with Crippen molar-refractivity contribution in [2.24, 2.45) is 0 Å². The van der Waals surface area contributed by atoms with E-state index in [1.165, 1.54) is 12.8 Å². The Kier molecular flexibility index (Phi) is 5.61. The van der Waals surface area contributed by atoms with Crippen LogP contribution in [0.25, 0.3) is 0 Å². The van der Waals surface area contributed by atoms with Crippen LogP contribution >= 0.6 is 0 Å². The molecule has 1 saturated carbocycles. The van der Waals surface area contributed by atoms with Gasteiger partial charge in [-0.25, -0.2) is 9.97 Å². The lowest BCUT2D eigenvalue weighted by Crippen LogP contribution is -2.31. The number of anilines is 2. The summed E-state index contributed by atoms with van der Waals surface area (Å²) in [5, 5.41) is 3.37. The molecule has 1 aromatic heterocycles. The Morgan fingerprint density at radius 1 is 0.964 bits per heavy atom. The van der Waals surface area contributed by atoms with Gasteiger partial charge in [-0.15, -0.1) is 0 Å². The molecule has 0 aliphatic heterocycles. The zero-order valence-corrected chi connectivity index (χ0v) is 15.8. The highest BCUT2D eigenvalue weighted by molar-refractivity contribution is 6.04. The lowest BCUT2D eigenvalue weighted by molar-refractivity contribution is 0.0980. The second kappa shape index (κ2) is 8.65. The SMILES string of the molecule is O=C(c1ccnc(NC2CCCC2)n1)N(Cc1ccccc1)c1ccccc1. The molecule has 1 fully saturated rings. The lowest BCUT2D eigenvalue weighted by Gasteiger charge is -2.23. The van der Waals surface area contributed by atoms with E-state index in [4.69, 9.17) is 0 Å². The second-order valence-electron chi connectivity index (χ2n) is 7.10. The van der Waals surface area contributed by atoms with E-state index in [1.807, 2.05) is 60.7 Å². The average Bonchev–Trinajstić information content (AvgIpc) is 3.26. The zero-order chi connectivity index (χ0) is 19.2. The third kappa shape index (κ3) is 4.36. The van der Waals surface area contributed by atoms with E-state index in [9.17, 15) is 4.79 Å². The first-order valence-corrected chi connectivity index (χ1v) is 9.80. The van der Waals surface area contributed by atoms with Crippen molar-refractivity contribution in [2.45, 2.75) is 38.3 Å². The molecule has 1 aliphatic carbocycles. The Bertz CT molecular complexity index is 908. The topological polar surface area (TPSA) is 58.1 Å². The van der Waals surface area contributed by atoms with Crippen molar-refractivity contribution in [3.05, 3.63) is 84.2 Å². The molecular weight excluding hydrogens is 348 g/mol. The van der Waals surface area contributed by atoms with Crippen LogP contribution in [0.3, 0.4) is 0 Å². The van der Waals surface area contributed by atoms with Crippen molar-refractivity contribution < 1.29 is 4.79 Å². The number of hydrogen-bond donors (Lipinski definition) is 1. The van der Waals surface area contributed by atoms with Crippen molar-refractivity contribution in [3.8, 4) is 0 Å². The molecule has 0 unspecified atom stereocenters. The van der Waals surface area contributed by atoms with Crippen LogP contribution in [0.1, 0.15) is 41.7 Å². The van der Waals surface area contributed by atoms with E-state index in [2.05, 4.69) is 15.3 Å². The zero-order valence-electron chi connectivity index (χ0n) is 15.8. The minimum atomic E-state index is -0.132. The van der Waals surface area contributed by atoms with Crippen molar-refractivity contribution in [1.29, 1.82) is 0 Å². The summed E-state index contributed by atoms with van der Waals surface area (Å²) < 4.78 is 0. The summed E-state index contributed by atoms with van der Waals surface area (Å²) in [6.45, 7) is 0.485. The molecule has 142 valence electrons. The molecule has 0 saturated heterocycles. The normalized spacial score (nSPS) is 14.0. The van der Waals surface area contributed by atoms with Crippen LogP contribution in [0.15, 0.2) is 72.9 Å². The summed E-state index contributed by atoms with van der Waals surface area (Å²) in [4.78, 5) is 23.9. The Labute approximate surface area is 165 Å². The van der Waals surface area contributed by atoms with Crippen molar-refractivity contribution in [2.75, 3.05) is 10.2 Å². The number of benzene rings is 2. The smallest absolute Gasteiger partial charge is 0.277 e. The maximum atomic E-state index is 13.3. The van der Waals surface area contributed by atoms with E-state index >= 15 is 0 Å². The fourth-order valence-electron chi connectivity index (χ4n) is 3.59. The first-order chi connectivity index (χ1) is 13.8. The summed E-state index contributed by atoms with van der Waals surface area (Å²) in [6, 6.07) is 21.8. The minimum Gasteiger partial charge on any atom is -0.351 e. The Morgan fingerprint density at radius 2 is 1.64 bits per heavy atom. The molecule has 5 heteroatoms. The molecule has 0 radical (unpaired) electrons. The molecule has 0 atom stereocenters. The number of hydrogen-bond acceptors (Lipinski definition) is 4. The molecular formula is C23H24N4O. The summed E-state index contributed by atoms with van der Waals surface area (Å²) in [5.41, 5.74) is 2.31. The highest BCUT2D eigenvalue weighted by Gasteiger charge is 2.21. The largest absolute Gasteiger partial charge is 0.351 e. The van der Waals surface area contributed by atoms with Gasteiger partial charge >= 0.3 is 0 Å². The van der Waals surface area contributed by atoms with Crippen molar-refractivity contribution in [1.82, 2.24) is 9.97 Å². The first kappa shape index (κ1) is 18.2. The van der Waals surface area contributed by atoms with Gasteiger partial charge in [0.2, 0.25) is 5.95 Å². The van der Waals surface area contributed by atoms with Gasteiger partial charge in [-0.3, -0.25) is 4.79 Å². The fourth-order valence-corrected chi connectivity index (χ4v) is 3.59.